The Hall–Kier alpha value is -1.19. The second kappa shape index (κ2) is 9.66. The van der Waals surface area contributed by atoms with Crippen LogP contribution < -0.4 is 15.8 Å². The van der Waals surface area contributed by atoms with Crippen molar-refractivity contribution in [2.24, 2.45) is 11.1 Å². The first kappa shape index (κ1) is 22.9. The van der Waals surface area contributed by atoms with Gasteiger partial charge in [-0.05, 0) is 44.4 Å². The molecule has 1 unspecified atom stereocenters. The number of hydrogen-bond donors (Lipinski definition) is 3. The summed E-state index contributed by atoms with van der Waals surface area (Å²) in [5.41, 5.74) is 5.62. The minimum Gasteiger partial charge on any atom is -0.381 e. The van der Waals surface area contributed by atoms with Crippen molar-refractivity contribution in [3.05, 3.63) is 24.3 Å². The van der Waals surface area contributed by atoms with Crippen molar-refractivity contribution in [1.82, 2.24) is 4.72 Å². The normalized spacial score (nSPS) is 17.8. The van der Waals surface area contributed by atoms with Crippen LogP contribution in [0.5, 0.6) is 0 Å². The van der Waals surface area contributed by atoms with Gasteiger partial charge in [-0.25, -0.2) is 13.1 Å². The molecule has 26 heavy (non-hydrogen) atoms. The lowest BCUT2D eigenvalue weighted by Crippen LogP contribution is -2.46. The maximum atomic E-state index is 12.7. The zero-order valence-electron chi connectivity index (χ0n) is 15.2. The van der Waals surface area contributed by atoms with Crippen LogP contribution in [0.3, 0.4) is 0 Å². The van der Waals surface area contributed by atoms with Crippen LogP contribution in [0.15, 0.2) is 29.2 Å². The van der Waals surface area contributed by atoms with Crippen molar-refractivity contribution >= 4 is 34.0 Å². The van der Waals surface area contributed by atoms with Gasteiger partial charge in [0, 0.05) is 31.5 Å². The van der Waals surface area contributed by atoms with E-state index in [0.717, 1.165) is 0 Å². The molecular weight excluding hydrogens is 378 g/mol. The van der Waals surface area contributed by atoms with Crippen molar-refractivity contribution < 1.29 is 17.9 Å². The smallest absolute Gasteiger partial charge is 0.240 e. The van der Waals surface area contributed by atoms with Gasteiger partial charge in [0.25, 0.3) is 0 Å². The number of carbonyl (C=O) groups is 1. The summed E-state index contributed by atoms with van der Waals surface area (Å²) in [6.07, 6.45) is 1.81. The zero-order valence-corrected chi connectivity index (χ0v) is 16.8. The van der Waals surface area contributed by atoms with E-state index in [2.05, 4.69) is 10.0 Å². The largest absolute Gasteiger partial charge is 0.381 e. The Morgan fingerprint density at radius 3 is 2.58 bits per heavy atom. The number of amides is 1. The lowest BCUT2D eigenvalue weighted by atomic mass is 9.79. The summed E-state index contributed by atoms with van der Waals surface area (Å²) in [6, 6.07) is 6.09. The predicted molar refractivity (Wildman–Crippen MR) is 104 cm³/mol. The van der Waals surface area contributed by atoms with E-state index in [1.165, 1.54) is 12.1 Å². The van der Waals surface area contributed by atoms with Gasteiger partial charge in [-0.3, -0.25) is 4.79 Å². The first-order valence-corrected chi connectivity index (χ1v) is 10.0. The molecule has 9 heteroatoms. The topological polar surface area (TPSA) is 111 Å². The van der Waals surface area contributed by atoms with Crippen LogP contribution in [-0.4, -0.2) is 40.1 Å². The summed E-state index contributed by atoms with van der Waals surface area (Å²) >= 11 is 0. The van der Waals surface area contributed by atoms with Crippen molar-refractivity contribution in [2.45, 2.75) is 44.0 Å². The highest BCUT2D eigenvalue weighted by Gasteiger charge is 2.38. The monoisotopic (exact) mass is 405 g/mol. The molecule has 1 heterocycles. The molecule has 148 valence electrons. The molecule has 0 aromatic heterocycles. The number of carbonyl (C=O) groups excluding carboxylic acids is 1. The van der Waals surface area contributed by atoms with E-state index in [1.54, 1.807) is 19.1 Å². The maximum absolute atomic E-state index is 12.7. The zero-order chi connectivity index (χ0) is 18.5. The van der Waals surface area contributed by atoms with Crippen molar-refractivity contribution in [3.8, 4) is 0 Å². The molecule has 4 N–H and O–H groups in total. The second-order valence-electron chi connectivity index (χ2n) is 6.51. The average Bonchev–Trinajstić information content (AvgIpc) is 2.62. The van der Waals surface area contributed by atoms with E-state index in [0.29, 0.717) is 38.2 Å². The average molecular weight is 406 g/mol. The minimum absolute atomic E-state index is 0. The van der Waals surface area contributed by atoms with Gasteiger partial charge >= 0.3 is 0 Å². The highest BCUT2D eigenvalue weighted by Crippen LogP contribution is 2.31. The van der Waals surface area contributed by atoms with Crippen LogP contribution >= 0.6 is 12.4 Å². The molecule has 1 aromatic rings. The molecule has 1 aliphatic rings. The van der Waals surface area contributed by atoms with Gasteiger partial charge in [0.05, 0.1) is 10.3 Å². The predicted octanol–water partition coefficient (Wildman–Crippen LogP) is 1.88. The molecule has 0 radical (unpaired) electrons. The third kappa shape index (κ3) is 5.40. The number of halogens is 1. The van der Waals surface area contributed by atoms with Crippen molar-refractivity contribution in [2.75, 3.05) is 25.1 Å². The fourth-order valence-corrected chi connectivity index (χ4v) is 4.08. The van der Waals surface area contributed by atoms with Gasteiger partial charge in [0.1, 0.15) is 0 Å². The highest BCUT2D eigenvalue weighted by atomic mass is 35.5. The SMILES string of the molecule is CCC(C)NS(=O)(=O)c1cccc(NC(=O)C2(CN)CCOCC2)c1.Cl. The van der Waals surface area contributed by atoms with Gasteiger partial charge in [-0.15, -0.1) is 12.4 Å². The van der Waals surface area contributed by atoms with E-state index in [-0.39, 0.29) is 35.8 Å². The third-order valence-corrected chi connectivity index (χ3v) is 6.28. The molecular formula is C17H28ClN3O4S. The standard InChI is InChI=1S/C17H27N3O4S.ClH/c1-3-13(2)20-25(22,23)15-6-4-5-14(11-15)19-16(21)17(12-18)7-9-24-10-8-17;/h4-6,11,13,20H,3,7-10,12,18H2,1-2H3,(H,19,21);1H. The summed E-state index contributed by atoms with van der Waals surface area (Å²) in [6.45, 7) is 4.94. The lowest BCUT2D eigenvalue weighted by Gasteiger charge is -2.34. The molecule has 1 amide bonds. The molecule has 7 nitrogen and oxygen atoms in total. The molecule has 0 aliphatic carbocycles. The lowest BCUT2D eigenvalue weighted by molar-refractivity contribution is -0.130. The summed E-state index contributed by atoms with van der Waals surface area (Å²) in [4.78, 5) is 12.8. The van der Waals surface area contributed by atoms with Crippen LogP contribution in [0, 0.1) is 5.41 Å². The van der Waals surface area contributed by atoms with E-state index in [4.69, 9.17) is 10.5 Å². The van der Waals surface area contributed by atoms with Gasteiger partial charge in [0.15, 0.2) is 0 Å². The van der Waals surface area contributed by atoms with Crippen LogP contribution in [0.4, 0.5) is 5.69 Å². The van der Waals surface area contributed by atoms with Gasteiger partial charge in [-0.1, -0.05) is 13.0 Å². The number of hydrogen-bond acceptors (Lipinski definition) is 5. The summed E-state index contributed by atoms with van der Waals surface area (Å²) < 4.78 is 32.7. The summed E-state index contributed by atoms with van der Waals surface area (Å²) in [5, 5.41) is 2.82. The number of nitrogens with two attached hydrogens (primary N) is 1. The minimum atomic E-state index is -3.62. The van der Waals surface area contributed by atoms with Gasteiger partial charge < -0.3 is 15.8 Å². The Labute approximate surface area is 161 Å². The Morgan fingerprint density at radius 2 is 2.00 bits per heavy atom. The van der Waals surface area contributed by atoms with Gasteiger partial charge in [0.2, 0.25) is 15.9 Å². The molecule has 1 saturated heterocycles. The fraction of sp³-hybridized carbons (Fsp3) is 0.588. The fourth-order valence-electron chi connectivity index (χ4n) is 2.71. The Balaban J connectivity index is 0.00000338. The quantitative estimate of drug-likeness (QED) is 0.641. The third-order valence-electron chi connectivity index (χ3n) is 4.69. The van der Waals surface area contributed by atoms with Crippen LogP contribution in [0.1, 0.15) is 33.1 Å². The number of benzene rings is 1. The van der Waals surface area contributed by atoms with Crippen LogP contribution in [-0.2, 0) is 19.6 Å². The number of nitrogens with one attached hydrogen (secondary N) is 2. The first-order chi connectivity index (χ1) is 11.8. The molecule has 1 fully saturated rings. The van der Waals surface area contributed by atoms with Crippen molar-refractivity contribution in [1.29, 1.82) is 0 Å². The Kier molecular flexibility index (Phi) is 8.49. The van der Waals surface area contributed by atoms with E-state index in [1.807, 2.05) is 6.92 Å². The van der Waals surface area contributed by atoms with Crippen LogP contribution in [0.25, 0.3) is 0 Å². The van der Waals surface area contributed by atoms with Gasteiger partial charge in [-0.2, -0.15) is 0 Å². The first-order valence-electron chi connectivity index (χ1n) is 8.54. The number of sulfonamides is 1. The second-order valence-corrected chi connectivity index (χ2v) is 8.22. The molecule has 1 aliphatic heterocycles. The molecule has 1 aromatic carbocycles. The van der Waals surface area contributed by atoms with E-state index < -0.39 is 15.4 Å². The number of anilines is 1. The Bertz CT molecular complexity index is 706. The number of rotatable bonds is 7. The summed E-state index contributed by atoms with van der Waals surface area (Å²) in [7, 11) is -3.62. The number of ether oxygens (including phenoxy) is 1. The molecule has 0 spiro atoms. The highest BCUT2D eigenvalue weighted by molar-refractivity contribution is 7.89. The molecule has 1 atom stereocenters. The summed E-state index contributed by atoms with van der Waals surface area (Å²) in [5.74, 6) is -0.192. The van der Waals surface area contributed by atoms with Crippen LogP contribution in [0.2, 0.25) is 0 Å². The molecule has 2 rings (SSSR count). The maximum Gasteiger partial charge on any atom is 0.240 e. The van der Waals surface area contributed by atoms with E-state index in [9.17, 15) is 13.2 Å². The van der Waals surface area contributed by atoms with E-state index >= 15 is 0 Å². The molecule has 0 bridgehead atoms. The molecule has 0 saturated carbocycles. The Morgan fingerprint density at radius 1 is 1.35 bits per heavy atom. The van der Waals surface area contributed by atoms with Crippen molar-refractivity contribution in [3.63, 3.8) is 0 Å².